The number of hydrogen-bond acceptors (Lipinski definition) is 7. The molecule has 0 aliphatic carbocycles. The molecule has 1 atom stereocenters. The molecule has 1 aliphatic heterocycles. The lowest BCUT2D eigenvalue weighted by atomic mass is 10.1. The Hall–Kier alpha value is -4.60. The molecule has 0 radical (unpaired) electrons. The minimum Gasteiger partial charge on any atom is -0.475 e. The number of carboxylic acids is 2. The fourth-order valence-corrected chi connectivity index (χ4v) is 3.71. The van der Waals surface area contributed by atoms with E-state index in [1.807, 2.05) is 47.5 Å². The van der Waals surface area contributed by atoms with Gasteiger partial charge < -0.3 is 10.2 Å². The number of hydrogen-bond donors (Lipinski definition) is 2. The monoisotopic (exact) mass is 584 g/mol. The average molecular weight is 584 g/mol. The van der Waals surface area contributed by atoms with Gasteiger partial charge in [-0.05, 0) is 42.8 Å². The number of halogens is 6. The molecule has 2 N–H and O–H groups in total. The van der Waals surface area contributed by atoms with E-state index in [0.29, 0.717) is 5.92 Å². The third-order valence-corrected chi connectivity index (χ3v) is 5.59. The summed E-state index contributed by atoms with van der Waals surface area (Å²) in [6.07, 6.45) is 0.365. The zero-order valence-electron chi connectivity index (χ0n) is 20.9. The summed E-state index contributed by atoms with van der Waals surface area (Å²) in [4.78, 5) is 33.4. The van der Waals surface area contributed by atoms with Gasteiger partial charge in [-0.1, -0.05) is 12.1 Å². The van der Waals surface area contributed by atoms with Crippen LogP contribution in [0, 0.1) is 0 Å². The van der Waals surface area contributed by atoms with Crippen molar-refractivity contribution in [1.82, 2.24) is 29.5 Å². The Morgan fingerprint density at radius 3 is 2.02 bits per heavy atom. The summed E-state index contributed by atoms with van der Waals surface area (Å²) in [5.41, 5.74) is 4.32. The smallest absolute Gasteiger partial charge is 0.475 e. The van der Waals surface area contributed by atoms with E-state index in [0.717, 1.165) is 48.7 Å². The molecule has 1 saturated heterocycles. The first kappa shape index (κ1) is 30.9. The van der Waals surface area contributed by atoms with Crippen molar-refractivity contribution in [1.29, 1.82) is 0 Å². The number of carboxylic acid groups (broad SMARTS) is 2. The molecule has 5 heterocycles. The maximum Gasteiger partial charge on any atom is 0.490 e. The van der Waals surface area contributed by atoms with E-state index in [2.05, 4.69) is 33.1 Å². The highest BCUT2D eigenvalue weighted by molar-refractivity contribution is 5.73. The Morgan fingerprint density at radius 1 is 0.878 bits per heavy atom. The third kappa shape index (κ3) is 9.23. The largest absolute Gasteiger partial charge is 0.490 e. The van der Waals surface area contributed by atoms with Crippen molar-refractivity contribution in [2.24, 2.45) is 0 Å². The van der Waals surface area contributed by atoms with E-state index in [-0.39, 0.29) is 0 Å². The summed E-state index contributed by atoms with van der Waals surface area (Å²) in [6.45, 7) is 2.99. The van der Waals surface area contributed by atoms with Gasteiger partial charge in [-0.15, -0.1) is 0 Å². The first-order valence-corrected chi connectivity index (χ1v) is 11.7. The zero-order valence-corrected chi connectivity index (χ0v) is 20.9. The number of aliphatic carboxylic acids is 2. The fraction of sp³-hybridized carbons (Fsp3) is 0.280. The van der Waals surface area contributed by atoms with Crippen LogP contribution in [0.2, 0.25) is 0 Å². The number of fused-ring (bicyclic) bond motifs is 1. The molecular weight excluding hydrogens is 562 g/mol. The van der Waals surface area contributed by atoms with Crippen molar-refractivity contribution in [2.45, 2.75) is 31.2 Å². The predicted octanol–water partition coefficient (Wildman–Crippen LogP) is 4.44. The Bertz CT molecular complexity index is 1420. The van der Waals surface area contributed by atoms with Gasteiger partial charge in [-0.2, -0.15) is 31.4 Å². The number of likely N-dealkylation sites (tertiary alicyclic amines) is 1. The summed E-state index contributed by atoms with van der Waals surface area (Å²) < 4.78 is 65.4. The van der Waals surface area contributed by atoms with Crippen molar-refractivity contribution in [2.75, 3.05) is 13.1 Å². The second-order valence-corrected chi connectivity index (χ2v) is 8.62. The van der Waals surface area contributed by atoms with Crippen LogP contribution in [0.15, 0.2) is 67.4 Å². The van der Waals surface area contributed by atoms with E-state index >= 15 is 0 Å². The predicted molar refractivity (Wildman–Crippen MR) is 130 cm³/mol. The van der Waals surface area contributed by atoms with Gasteiger partial charge in [0.1, 0.15) is 0 Å². The SMILES string of the molecule is O=C(O)C(F)(F)F.O=C(O)C(F)(F)F.c1cncc(CN2CCC(c3nc4ccc(-c5cccnc5)cn4n3)C2)c1. The molecule has 10 nitrogen and oxygen atoms in total. The maximum atomic E-state index is 10.6. The van der Waals surface area contributed by atoms with Crippen LogP contribution in [0.1, 0.15) is 23.7 Å². The number of rotatable bonds is 4. The molecule has 16 heteroatoms. The highest BCUT2D eigenvalue weighted by atomic mass is 19.4. The van der Waals surface area contributed by atoms with E-state index in [4.69, 9.17) is 29.9 Å². The quantitative estimate of drug-likeness (QED) is 0.334. The molecule has 4 aromatic heterocycles. The molecule has 218 valence electrons. The average Bonchev–Trinajstić information content (AvgIpc) is 3.56. The summed E-state index contributed by atoms with van der Waals surface area (Å²) in [5, 5.41) is 19.0. The standard InChI is InChI=1S/C21H20N6.2C2HF3O2/c1-3-16(11-22-8-1)13-26-10-7-19(14-26)21-24-20-6-5-18(15-27(20)25-21)17-4-2-9-23-12-17;2*3-2(4,5)1(6)7/h1-6,8-9,11-12,15,19H,7,10,13-14H2;2*(H,6,7). The molecule has 1 aliphatic rings. The number of carbonyl (C=O) groups is 2. The third-order valence-electron chi connectivity index (χ3n) is 5.59. The molecule has 1 fully saturated rings. The molecule has 0 aromatic carbocycles. The van der Waals surface area contributed by atoms with Gasteiger partial charge in [0, 0.05) is 61.1 Å². The van der Waals surface area contributed by atoms with E-state index in [1.165, 1.54) is 5.56 Å². The van der Waals surface area contributed by atoms with Crippen LogP contribution in [-0.4, -0.2) is 77.1 Å². The van der Waals surface area contributed by atoms with Crippen LogP contribution in [-0.2, 0) is 16.1 Å². The molecule has 0 amide bonds. The minimum absolute atomic E-state index is 0.378. The van der Waals surface area contributed by atoms with Gasteiger partial charge in [0.15, 0.2) is 11.5 Å². The van der Waals surface area contributed by atoms with Gasteiger partial charge in [0.2, 0.25) is 0 Å². The Kier molecular flexibility index (Phi) is 9.94. The molecular formula is C25H22F6N6O4. The lowest BCUT2D eigenvalue weighted by molar-refractivity contribution is -0.193. The second-order valence-electron chi connectivity index (χ2n) is 8.62. The van der Waals surface area contributed by atoms with Crippen molar-refractivity contribution in [3.05, 3.63) is 78.8 Å². The Balaban J connectivity index is 0.000000276. The van der Waals surface area contributed by atoms with E-state index in [9.17, 15) is 26.3 Å². The first-order chi connectivity index (χ1) is 19.2. The lowest BCUT2D eigenvalue weighted by Crippen LogP contribution is -2.21. The molecule has 0 saturated carbocycles. The van der Waals surface area contributed by atoms with Gasteiger partial charge in [-0.3, -0.25) is 14.9 Å². The Labute approximate surface area is 227 Å². The highest BCUT2D eigenvalue weighted by Gasteiger charge is 2.38. The lowest BCUT2D eigenvalue weighted by Gasteiger charge is -2.14. The first-order valence-electron chi connectivity index (χ1n) is 11.7. The van der Waals surface area contributed by atoms with Crippen LogP contribution in [0.4, 0.5) is 26.3 Å². The van der Waals surface area contributed by atoms with Crippen LogP contribution < -0.4 is 0 Å². The van der Waals surface area contributed by atoms with E-state index < -0.39 is 24.3 Å². The van der Waals surface area contributed by atoms with Gasteiger partial charge in [0.25, 0.3) is 0 Å². The van der Waals surface area contributed by atoms with Crippen molar-refractivity contribution in [3.63, 3.8) is 0 Å². The number of alkyl halides is 6. The fourth-order valence-electron chi connectivity index (χ4n) is 3.71. The van der Waals surface area contributed by atoms with Gasteiger partial charge in [-0.25, -0.2) is 19.1 Å². The van der Waals surface area contributed by atoms with Crippen molar-refractivity contribution < 1.29 is 46.1 Å². The summed E-state index contributed by atoms with van der Waals surface area (Å²) in [5.74, 6) is -4.20. The molecule has 5 rings (SSSR count). The maximum absolute atomic E-state index is 10.6. The van der Waals surface area contributed by atoms with Crippen molar-refractivity contribution in [3.8, 4) is 11.1 Å². The summed E-state index contributed by atoms with van der Waals surface area (Å²) in [7, 11) is 0. The topological polar surface area (TPSA) is 134 Å². The van der Waals surface area contributed by atoms with Crippen LogP contribution in [0.5, 0.6) is 0 Å². The molecule has 0 spiro atoms. The highest BCUT2D eigenvalue weighted by Crippen LogP contribution is 2.27. The zero-order chi connectivity index (χ0) is 30.2. The van der Waals surface area contributed by atoms with Crippen molar-refractivity contribution >= 4 is 17.6 Å². The molecule has 1 unspecified atom stereocenters. The normalized spacial score (nSPS) is 15.4. The van der Waals surface area contributed by atoms with E-state index in [1.54, 1.807) is 6.20 Å². The van der Waals surface area contributed by atoms with Crippen LogP contribution in [0.25, 0.3) is 16.8 Å². The van der Waals surface area contributed by atoms with Crippen LogP contribution >= 0.6 is 0 Å². The Morgan fingerprint density at radius 2 is 1.49 bits per heavy atom. The number of nitrogens with zero attached hydrogens (tertiary/aromatic N) is 6. The summed E-state index contributed by atoms with van der Waals surface area (Å²) >= 11 is 0. The van der Waals surface area contributed by atoms with Gasteiger partial charge >= 0.3 is 24.3 Å². The second kappa shape index (κ2) is 13.2. The van der Waals surface area contributed by atoms with Crippen LogP contribution in [0.3, 0.4) is 0 Å². The molecule has 0 bridgehead atoms. The minimum atomic E-state index is -5.08. The van der Waals surface area contributed by atoms with Gasteiger partial charge in [0.05, 0.1) is 0 Å². The number of aromatic nitrogens is 5. The summed E-state index contributed by atoms with van der Waals surface area (Å²) in [6, 6.07) is 12.2. The molecule has 41 heavy (non-hydrogen) atoms. The molecule has 4 aromatic rings. The number of pyridine rings is 3.